The maximum absolute atomic E-state index is 6.37. The normalized spacial score (nSPS) is 11.7. The third-order valence-corrected chi connectivity index (χ3v) is 3.91. The highest BCUT2D eigenvalue weighted by Crippen LogP contribution is 2.30. The molecule has 0 fully saturated rings. The summed E-state index contributed by atoms with van der Waals surface area (Å²) in [6, 6.07) is 0. The lowest BCUT2D eigenvalue weighted by Crippen LogP contribution is -2.03. The predicted octanol–water partition coefficient (Wildman–Crippen LogP) is 3.89. The van der Waals surface area contributed by atoms with Crippen molar-refractivity contribution in [2.75, 3.05) is 0 Å². The van der Waals surface area contributed by atoms with E-state index in [0.29, 0.717) is 11.1 Å². The van der Waals surface area contributed by atoms with Gasteiger partial charge in [0.1, 0.15) is 5.15 Å². The summed E-state index contributed by atoms with van der Waals surface area (Å²) < 4.78 is 2.61. The van der Waals surface area contributed by atoms with E-state index in [2.05, 4.69) is 39.9 Å². The Morgan fingerprint density at radius 2 is 1.88 bits per heavy atom. The van der Waals surface area contributed by atoms with Crippen LogP contribution in [0.5, 0.6) is 0 Å². The van der Waals surface area contributed by atoms with Gasteiger partial charge in [0.2, 0.25) is 0 Å². The van der Waals surface area contributed by atoms with Gasteiger partial charge in [-0.25, -0.2) is 9.50 Å². The van der Waals surface area contributed by atoms with Gasteiger partial charge >= 0.3 is 0 Å². The Labute approximate surface area is 108 Å². The molecule has 0 aromatic carbocycles. The molecule has 2 aromatic heterocycles. The predicted molar refractivity (Wildman–Crippen MR) is 69.3 cm³/mol. The zero-order valence-corrected chi connectivity index (χ0v) is 12.0. The van der Waals surface area contributed by atoms with Crippen LogP contribution in [0.4, 0.5) is 0 Å². The first-order valence-electron chi connectivity index (χ1n) is 5.14. The number of hydrogen-bond acceptors (Lipinski definition) is 2. The SMILES string of the molecule is Cc1nc2c(Br)c(C)nn2c(Cl)c1C(C)C. The van der Waals surface area contributed by atoms with Gasteiger partial charge in [-0.2, -0.15) is 5.10 Å². The Hall–Kier alpha value is -0.610. The first kappa shape index (κ1) is 11.9. The number of fused-ring (bicyclic) bond motifs is 1. The topological polar surface area (TPSA) is 30.2 Å². The van der Waals surface area contributed by atoms with Gasteiger partial charge in [-0.3, -0.25) is 0 Å². The molecule has 0 saturated heterocycles. The number of aryl methyl sites for hydroxylation is 2. The van der Waals surface area contributed by atoms with E-state index in [1.54, 1.807) is 4.52 Å². The second-order valence-electron chi connectivity index (χ2n) is 4.19. The van der Waals surface area contributed by atoms with E-state index >= 15 is 0 Å². The number of halogens is 2. The van der Waals surface area contributed by atoms with Gasteiger partial charge in [-0.15, -0.1) is 0 Å². The summed E-state index contributed by atoms with van der Waals surface area (Å²) in [7, 11) is 0. The monoisotopic (exact) mass is 301 g/mol. The lowest BCUT2D eigenvalue weighted by atomic mass is 10.0. The summed E-state index contributed by atoms with van der Waals surface area (Å²) in [6.45, 7) is 8.12. The molecular formula is C11H13BrClN3. The lowest BCUT2D eigenvalue weighted by molar-refractivity contribution is 0.803. The molecule has 0 amide bonds. The molecule has 2 aromatic rings. The maximum atomic E-state index is 6.37. The minimum Gasteiger partial charge on any atom is -0.232 e. The largest absolute Gasteiger partial charge is 0.232 e. The van der Waals surface area contributed by atoms with Crippen molar-refractivity contribution in [2.45, 2.75) is 33.6 Å². The van der Waals surface area contributed by atoms with E-state index in [9.17, 15) is 0 Å². The Morgan fingerprint density at radius 1 is 1.25 bits per heavy atom. The smallest absolute Gasteiger partial charge is 0.171 e. The second-order valence-corrected chi connectivity index (χ2v) is 5.34. The quantitative estimate of drug-likeness (QED) is 0.748. The molecule has 2 rings (SSSR count). The van der Waals surface area contributed by atoms with Crippen LogP contribution < -0.4 is 0 Å². The molecule has 0 saturated carbocycles. The molecule has 86 valence electrons. The fourth-order valence-corrected chi connectivity index (χ4v) is 2.68. The van der Waals surface area contributed by atoms with Crippen LogP contribution in [0.2, 0.25) is 5.15 Å². The third-order valence-electron chi connectivity index (χ3n) is 2.61. The maximum Gasteiger partial charge on any atom is 0.171 e. The van der Waals surface area contributed by atoms with Crippen molar-refractivity contribution in [2.24, 2.45) is 0 Å². The summed E-state index contributed by atoms with van der Waals surface area (Å²) in [4.78, 5) is 4.55. The summed E-state index contributed by atoms with van der Waals surface area (Å²) in [5.74, 6) is 0.340. The molecule has 0 atom stereocenters. The molecular weight excluding hydrogens is 289 g/mol. The number of nitrogens with zero attached hydrogens (tertiary/aromatic N) is 3. The van der Waals surface area contributed by atoms with Crippen LogP contribution >= 0.6 is 27.5 Å². The molecule has 2 heterocycles. The van der Waals surface area contributed by atoms with Crippen molar-refractivity contribution < 1.29 is 0 Å². The van der Waals surface area contributed by atoms with E-state index in [1.165, 1.54) is 0 Å². The molecule has 3 nitrogen and oxygen atoms in total. The molecule has 0 N–H and O–H groups in total. The van der Waals surface area contributed by atoms with E-state index in [4.69, 9.17) is 11.6 Å². The summed E-state index contributed by atoms with van der Waals surface area (Å²) in [6.07, 6.45) is 0. The van der Waals surface area contributed by atoms with Crippen LogP contribution in [-0.2, 0) is 0 Å². The van der Waals surface area contributed by atoms with E-state index in [0.717, 1.165) is 27.1 Å². The van der Waals surface area contributed by atoms with Gasteiger partial charge in [0.25, 0.3) is 0 Å². The molecule has 0 unspecified atom stereocenters. The third kappa shape index (κ3) is 1.64. The van der Waals surface area contributed by atoms with Gasteiger partial charge in [-0.05, 0) is 35.7 Å². The van der Waals surface area contributed by atoms with Crippen LogP contribution in [0.1, 0.15) is 36.7 Å². The van der Waals surface area contributed by atoms with E-state index in [1.807, 2.05) is 13.8 Å². The fourth-order valence-electron chi connectivity index (χ4n) is 1.87. The zero-order valence-electron chi connectivity index (χ0n) is 9.67. The van der Waals surface area contributed by atoms with Crippen molar-refractivity contribution in [1.82, 2.24) is 14.6 Å². The molecule has 0 bridgehead atoms. The second kappa shape index (κ2) is 4.00. The first-order chi connectivity index (χ1) is 7.43. The Kier molecular flexibility index (Phi) is 2.97. The molecule has 0 aliphatic heterocycles. The van der Waals surface area contributed by atoms with Gasteiger partial charge < -0.3 is 0 Å². The van der Waals surface area contributed by atoms with Crippen LogP contribution in [0.3, 0.4) is 0 Å². The van der Waals surface area contributed by atoms with Crippen LogP contribution in [0.25, 0.3) is 5.65 Å². The van der Waals surface area contributed by atoms with Gasteiger partial charge in [0, 0.05) is 11.3 Å². The van der Waals surface area contributed by atoms with Crippen molar-refractivity contribution in [3.05, 3.63) is 26.6 Å². The van der Waals surface area contributed by atoms with E-state index in [-0.39, 0.29) is 0 Å². The molecule has 5 heteroatoms. The Balaban J connectivity index is 2.89. The molecule has 0 radical (unpaired) electrons. The Morgan fingerprint density at radius 3 is 2.44 bits per heavy atom. The van der Waals surface area contributed by atoms with Gasteiger partial charge in [-0.1, -0.05) is 25.4 Å². The van der Waals surface area contributed by atoms with Crippen LogP contribution in [0, 0.1) is 13.8 Å². The average Bonchev–Trinajstić information content (AvgIpc) is 2.45. The summed E-state index contributed by atoms with van der Waals surface area (Å²) in [5.41, 5.74) is 3.70. The fraction of sp³-hybridized carbons (Fsp3) is 0.455. The highest BCUT2D eigenvalue weighted by molar-refractivity contribution is 9.10. The molecule has 0 aliphatic carbocycles. The lowest BCUT2D eigenvalue weighted by Gasteiger charge is -2.12. The minimum atomic E-state index is 0.340. The average molecular weight is 303 g/mol. The van der Waals surface area contributed by atoms with Gasteiger partial charge in [0.15, 0.2) is 5.65 Å². The summed E-state index contributed by atoms with van der Waals surface area (Å²) >= 11 is 9.84. The number of rotatable bonds is 1. The molecule has 0 spiro atoms. The minimum absolute atomic E-state index is 0.340. The van der Waals surface area contributed by atoms with Crippen molar-refractivity contribution in [1.29, 1.82) is 0 Å². The first-order valence-corrected chi connectivity index (χ1v) is 6.31. The van der Waals surface area contributed by atoms with Crippen LogP contribution in [-0.4, -0.2) is 14.6 Å². The standard InChI is InChI=1S/C11H13BrClN3/c1-5(2)8-6(3)14-11-9(12)7(4)15-16(11)10(8)13/h5H,1-4H3. The van der Waals surface area contributed by atoms with Crippen molar-refractivity contribution >= 4 is 33.2 Å². The molecule has 0 aliphatic rings. The van der Waals surface area contributed by atoms with Crippen molar-refractivity contribution in [3.63, 3.8) is 0 Å². The van der Waals surface area contributed by atoms with Gasteiger partial charge in [0.05, 0.1) is 10.2 Å². The van der Waals surface area contributed by atoms with E-state index < -0.39 is 0 Å². The number of hydrogen-bond donors (Lipinski definition) is 0. The van der Waals surface area contributed by atoms with Crippen LogP contribution in [0.15, 0.2) is 4.47 Å². The van der Waals surface area contributed by atoms with Crippen molar-refractivity contribution in [3.8, 4) is 0 Å². The Bertz CT molecular complexity index is 560. The highest BCUT2D eigenvalue weighted by atomic mass is 79.9. The highest BCUT2D eigenvalue weighted by Gasteiger charge is 2.17. The number of aromatic nitrogens is 3. The zero-order chi connectivity index (χ0) is 12.0. The summed E-state index contributed by atoms with van der Waals surface area (Å²) in [5, 5.41) is 5.03. The molecule has 16 heavy (non-hydrogen) atoms.